The first-order valence-electron chi connectivity index (χ1n) is 5.23. The second-order valence-electron chi connectivity index (χ2n) is 4.05. The molecule has 0 aliphatic heterocycles. The lowest BCUT2D eigenvalue weighted by Gasteiger charge is -2.05. The van der Waals surface area contributed by atoms with Gasteiger partial charge in [0.05, 0.1) is 5.69 Å². The van der Waals surface area contributed by atoms with Crippen molar-refractivity contribution in [2.75, 3.05) is 0 Å². The summed E-state index contributed by atoms with van der Waals surface area (Å²) in [6.45, 7) is 5.71. The Morgan fingerprint density at radius 3 is 2.24 bits per heavy atom. The van der Waals surface area contributed by atoms with E-state index in [9.17, 15) is 4.79 Å². The second-order valence-corrected chi connectivity index (χ2v) is 4.05. The number of aromatic nitrogens is 3. The fourth-order valence-electron chi connectivity index (χ4n) is 1.80. The highest BCUT2D eigenvalue weighted by atomic mass is 16.4. The number of aromatic carboxylic acids is 1. The molecule has 0 amide bonds. The molecule has 0 atom stereocenters. The van der Waals surface area contributed by atoms with E-state index in [1.807, 2.05) is 32.0 Å². The number of rotatable bonds is 2. The van der Waals surface area contributed by atoms with E-state index in [0.29, 0.717) is 5.82 Å². The number of nitrogens with zero attached hydrogens (tertiary/aromatic N) is 3. The number of carboxylic acid groups (broad SMARTS) is 1. The monoisotopic (exact) mass is 231 g/mol. The van der Waals surface area contributed by atoms with E-state index < -0.39 is 5.97 Å². The number of hydrogen-bond acceptors (Lipinski definition) is 3. The van der Waals surface area contributed by atoms with Crippen LogP contribution in [0.15, 0.2) is 18.2 Å². The Bertz CT molecular complexity index is 567. The van der Waals surface area contributed by atoms with Crippen molar-refractivity contribution in [1.82, 2.24) is 14.8 Å². The predicted molar refractivity (Wildman–Crippen MR) is 62.5 cm³/mol. The molecule has 0 radical (unpaired) electrons. The molecule has 0 bridgehead atoms. The molecular formula is C12H13N3O2. The van der Waals surface area contributed by atoms with Crippen molar-refractivity contribution in [3.8, 4) is 5.69 Å². The van der Waals surface area contributed by atoms with Crippen LogP contribution in [0.5, 0.6) is 0 Å². The molecular weight excluding hydrogens is 218 g/mol. The van der Waals surface area contributed by atoms with Crippen molar-refractivity contribution in [1.29, 1.82) is 0 Å². The van der Waals surface area contributed by atoms with Crippen LogP contribution in [-0.2, 0) is 0 Å². The van der Waals surface area contributed by atoms with Crippen LogP contribution in [0.3, 0.4) is 0 Å². The maximum atomic E-state index is 10.8. The first-order valence-corrected chi connectivity index (χ1v) is 5.23. The molecule has 0 unspecified atom stereocenters. The summed E-state index contributed by atoms with van der Waals surface area (Å²) in [7, 11) is 0. The molecule has 0 aliphatic rings. The van der Waals surface area contributed by atoms with Gasteiger partial charge in [-0.3, -0.25) is 0 Å². The largest absolute Gasteiger partial charge is 0.475 e. The first-order chi connectivity index (χ1) is 7.97. The molecule has 88 valence electrons. The maximum Gasteiger partial charge on any atom is 0.375 e. The normalized spacial score (nSPS) is 10.5. The van der Waals surface area contributed by atoms with Crippen molar-refractivity contribution in [2.24, 2.45) is 0 Å². The highest BCUT2D eigenvalue weighted by Crippen LogP contribution is 2.14. The Balaban J connectivity index is 2.56. The summed E-state index contributed by atoms with van der Waals surface area (Å²) < 4.78 is 1.55. The fraction of sp³-hybridized carbons (Fsp3) is 0.250. The van der Waals surface area contributed by atoms with Crippen LogP contribution in [0.1, 0.15) is 27.6 Å². The fourth-order valence-corrected chi connectivity index (χ4v) is 1.80. The number of carbonyl (C=O) groups is 1. The molecule has 1 heterocycles. The molecule has 1 aromatic heterocycles. The summed E-state index contributed by atoms with van der Waals surface area (Å²) in [6, 6.07) is 5.94. The van der Waals surface area contributed by atoms with Gasteiger partial charge in [-0.1, -0.05) is 6.07 Å². The van der Waals surface area contributed by atoms with Gasteiger partial charge in [-0.2, -0.15) is 0 Å². The molecule has 0 aliphatic carbocycles. The molecule has 2 aromatic rings. The van der Waals surface area contributed by atoms with Crippen molar-refractivity contribution < 1.29 is 9.90 Å². The van der Waals surface area contributed by atoms with Crippen LogP contribution in [0, 0.1) is 20.8 Å². The minimum Gasteiger partial charge on any atom is -0.475 e. The highest BCUT2D eigenvalue weighted by Gasteiger charge is 2.13. The van der Waals surface area contributed by atoms with Gasteiger partial charge in [0.2, 0.25) is 0 Å². The Morgan fingerprint density at radius 1 is 1.18 bits per heavy atom. The van der Waals surface area contributed by atoms with E-state index in [1.54, 1.807) is 11.6 Å². The molecule has 2 rings (SSSR count). The average Bonchev–Trinajstić information content (AvgIpc) is 2.59. The van der Waals surface area contributed by atoms with Gasteiger partial charge >= 0.3 is 5.97 Å². The second kappa shape index (κ2) is 4.01. The lowest BCUT2D eigenvalue weighted by Crippen LogP contribution is -2.03. The molecule has 0 spiro atoms. The van der Waals surface area contributed by atoms with Crippen LogP contribution in [0.2, 0.25) is 0 Å². The molecule has 17 heavy (non-hydrogen) atoms. The van der Waals surface area contributed by atoms with Crippen LogP contribution >= 0.6 is 0 Å². The van der Waals surface area contributed by atoms with Gasteiger partial charge in [-0.05, 0) is 44.0 Å². The van der Waals surface area contributed by atoms with Gasteiger partial charge < -0.3 is 5.11 Å². The van der Waals surface area contributed by atoms with E-state index in [4.69, 9.17) is 5.11 Å². The van der Waals surface area contributed by atoms with Crippen LogP contribution in [-0.4, -0.2) is 25.8 Å². The molecule has 1 aromatic carbocycles. The van der Waals surface area contributed by atoms with Gasteiger partial charge in [0.1, 0.15) is 5.82 Å². The standard InChI is InChI=1S/C12H13N3O2/c1-7-4-8(2)6-10(5-7)15-9(3)13-11(14-15)12(16)17/h4-6H,1-3H3,(H,16,17). The van der Waals surface area contributed by atoms with E-state index >= 15 is 0 Å². The zero-order chi connectivity index (χ0) is 12.6. The summed E-state index contributed by atoms with van der Waals surface area (Å²) in [5, 5.41) is 12.8. The minimum atomic E-state index is -1.11. The van der Waals surface area contributed by atoms with Crippen molar-refractivity contribution >= 4 is 5.97 Å². The van der Waals surface area contributed by atoms with E-state index in [-0.39, 0.29) is 5.82 Å². The molecule has 5 heteroatoms. The van der Waals surface area contributed by atoms with Crippen LogP contribution in [0.4, 0.5) is 0 Å². The van der Waals surface area contributed by atoms with Crippen LogP contribution < -0.4 is 0 Å². The third kappa shape index (κ3) is 2.18. The third-order valence-corrected chi connectivity index (χ3v) is 2.41. The number of carboxylic acids is 1. The quantitative estimate of drug-likeness (QED) is 0.857. The number of hydrogen-bond donors (Lipinski definition) is 1. The predicted octanol–water partition coefficient (Wildman–Crippen LogP) is 1.89. The molecule has 0 saturated heterocycles. The topological polar surface area (TPSA) is 68.0 Å². The average molecular weight is 231 g/mol. The number of aryl methyl sites for hydroxylation is 3. The van der Waals surface area contributed by atoms with E-state index in [0.717, 1.165) is 16.8 Å². The zero-order valence-corrected chi connectivity index (χ0v) is 9.93. The molecule has 5 nitrogen and oxygen atoms in total. The summed E-state index contributed by atoms with van der Waals surface area (Å²) in [4.78, 5) is 14.7. The van der Waals surface area contributed by atoms with Crippen molar-refractivity contribution in [3.63, 3.8) is 0 Å². The Hall–Kier alpha value is -2.17. The van der Waals surface area contributed by atoms with E-state index in [1.165, 1.54) is 0 Å². The van der Waals surface area contributed by atoms with E-state index in [2.05, 4.69) is 10.1 Å². The molecule has 0 saturated carbocycles. The molecule has 0 fully saturated rings. The first kappa shape index (κ1) is 11.3. The highest BCUT2D eigenvalue weighted by molar-refractivity contribution is 5.83. The van der Waals surface area contributed by atoms with Crippen molar-refractivity contribution in [2.45, 2.75) is 20.8 Å². The van der Waals surface area contributed by atoms with Crippen LogP contribution in [0.25, 0.3) is 5.69 Å². The number of benzene rings is 1. The zero-order valence-electron chi connectivity index (χ0n) is 9.93. The lowest BCUT2D eigenvalue weighted by molar-refractivity contribution is 0.0683. The minimum absolute atomic E-state index is 0.179. The SMILES string of the molecule is Cc1cc(C)cc(-n2nc(C(=O)O)nc2C)c1. The smallest absolute Gasteiger partial charge is 0.375 e. The Morgan fingerprint density at radius 2 is 1.76 bits per heavy atom. The van der Waals surface area contributed by atoms with Gasteiger partial charge in [-0.25, -0.2) is 14.5 Å². The van der Waals surface area contributed by atoms with Gasteiger partial charge in [0.15, 0.2) is 0 Å². The molecule has 1 N–H and O–H groups in total. The Labute approximate surface area is 98.7 Å². The van der Waals surface area contributed by atoms with Gasteiger partial charge in [0, 0.05) is 0 Å². The van der Waals surface area contributed by atoms with Gasteiger partial charge in [0.25, 0.3) is 5.82 Å². The summed E-state index contributed by atoms with van der Waals surface area (Å²) >= 11 is 0. The maximum absolute atomic E-state index is 10.8. The third-order valence-electron chi connectivity index (χ3n) is 2.41. The van der Waals surface area contributed by atoms with Gasteiger partial charge in [-0.15, -0.1) is 5.10 Å². The summed E-state index contributed by atoms with van der Waals surface area (Å²) in [5.74, 6) is -0.731. The van der Waals surface area contributed by atoms with Crippen molar-refractivity contribution in [3.05, 3.63) is 41.0 Å². The Kier molecular flexibility index (Phi) is 2.67. The summed E-state index contributed by atoms with van der Waals surface area (Å²) in [5.41, 5.74) is 3.04. The lowest BCUT2D eigenvalue weighted by atomic mass is 10.1. The summed E-state index contributed by atoms with van der Waals surface area (Å²) in [6.07, 6.45) is 0.